The fourth-order valence-electron chi connectivity index (χ4n) is 0.882. The van der Waals surface area contributed by atoms with E-state index >= 15 is 0 Å². The number of alkyl halides is 1. The SMILES string of the molecule is Cc1cc(C#CCCl)c(F)cc1Cl. The van der Waals surface area contributed by atoms with Gasteiger partial charge in [0.15, 0.2) is 0 Å². The number of halogens is 3. The molecule has 0 amide bonds. The summed E-state index contributed by atoms with van der Waals surface area (Å²) in [7, 11) is 0. The van der Waals surface area contributed by atoms with Crippen molar-refractivity contribution in [2.45, 2.75) is 6.92 Å². The highest BCUT2D eigenvalue weighted by molar-refractivity contribution is 6.31. The van der Waals surface area contributed by atoms with E-state index in [0.717, 1.165) is 5.56 Å². The van der Waals surface area contributed by atoms with Crippen LogP contribution in [0.3, 0.4) is 0 Å². The fraction of sp³-hybridized carbons (Fsp3) is 0.200. The molecule has 0 nitrogen and oxygen atoms in total. The average Bonchev–Trinajstić information content (AvgIpc) is 2.09. The highest BCUT2D eigenvalue weighted by Gasteiger charge is 2.02. The van der Waals surface area contributed by atoms with Gasteiger partial charge in [-0.2, -0.15) is 0 Å². The van der Waals surface area contributed by atoms with Gasteiger partial charge in [0, 0.05) is 5.02 Å². The molecular weight excluding hydrogens is 210 g/mol. The zero-order chi connectivity index (χ0) is 9.84. The van der Waals surface area contributed by atoms with Gasteiger partial charge in [-0.15, -0.1) is 11.6 Å². The number of benzene rings is 1. The third-order valence-corrected chi connectivity index (χ3v) is 2.08. The molecule has 0 unspecified atom stereocenters. The maximum absolute atomic E-state index is 13.1. The lowest BCUT2D eigenvalue weighted by molar-refractivity contribution is 0.624. The smallest absolute Gasteiger partial charge is 0.140 e. The molecule has 0 saturated carbocycles. The van der Waals surface area contributed by atoms with Crippen LogP contribution in [-0.2, 0) is 0 Å². The second-order valence-electron chi connectivity index (χ2n) is 2.52. The van der Waals surface area contributed by atoms with Gasteiger partial charge < -0.3 is 0 Å². The standard InChI is InChI=1S/C10H7Cl2F/c1-7-5-8(3-2-4-11)10(13)6-9(7)12/h5-6H,4H2,1H3. The minimum absolute atomic E-state index is 0.196. The van der Waals surface area contributed by atoms with Crippen LogP contribution in [0.2, 0.25) is 5.02 Å². The van der Waals surface area contributed by atoms with Crippen LogP contribution in [0.25, 0.3) is 0 Å². The van der Waals surface area contributed by atoms with Gasteiger partial charge in [-0.1, -0.05) is 23.4 Å². The molecule has 0 heterocycles. The molecule has 0 N–H and O–H groups in total. The van der Waals surface area contributed by atoms with Crippen LogP contribution in [0.4, 0.5) is 4.39 Å². The summed E-state index contributed by atoms with van der Waals surface area (Å²) in [4.78, 5) is 0. The van der Waals surface area contributed by atoms with Gasteiger partial charge in [-0.25, -0.2) is 4.39 Å². The summed E-state index contributed by atoms with van der Waals surface area (Å²) >= 11 is 11.1. The van der Waals surface area contributed by atoms with Gasteiger partial charge in [-0.3, -0.25) is 0 Å². The van der Waals surface area contributed by atoms with Crippen LogP contribution in [0, 0.1) is 24.6 Å². The molecule has 0 aliphatic rings. The van der Waals surface area contributed by atoms with Gasteiger partial charge in [0.05, 0.1) is 11.4 Å². The summed E-state index contributed by atoms with van der Waals surface area (Å²) in [5.41, 5.74) is 1.14. The molecule has 0 aliphatic heterocycles. The lowest BCUT2D eigenvalue weighted by atomic mass is 10.1. The van der Waals surface area contributed by atoms with Crippen molar-refractivity contribution in [1.29, 1.82) is 0 Å². The molecule has 0 atom stereocenters. The van der Waals surface area contributed by atoms with Crippen LogP contribution >= 0.6 is 23.2 Å². The molecule has 0 aromatic heterocycles. The predicted octanol–water partition coefficient (Wildman–Crippen LogP) is 3.38. The molecule has 1 aromatic rings. The monoisotopic (exact) mass is 216 g/mol. The quantitative estimate of drug-likeness (QED) is 0.461. The van der Waals surface area contributed by atoms with Crippen molar-refractivity contribution < 1.29 is 4.39 Å². The summed E-state index contributed by atoms with van der Waals surface area (Å²) in [6.45, 7) is 1.80. The Morgan fingerprint density at radius 1 is 1.46 bits per heavy atom. The largest absolute Gasteiger partial charge is 0.206 e. The van der Waals surface area contributed by atoms with E-state index in [1.807, 2.05) is 0 Å². The Balaban J connectivity index is 3.16. The van der Waals surface area contributed by atoms with Crippen LogP contribution < -0.4 is 0 Å². The Bertz CT molecular complexity index is 374. The van der Waals surface area contributed by atoms with Gasteiger partial charge >= 0.3 is 0 Å². The topological polar surface area (TPSA) is 0 Å². The molecule has 1 rings (SSSR count). The molecule has 0 aliphatic carbocycles. The van der Waals surface area contributed by atoms with Crippen molar-refractivity contribution in [2.75, 3.05) is 5.88 Å². The molecule has 0 fully saturated rings. The summed E-state index contributed by atoms with van der Waals surface area (Å²) in [6, 6.07) is 2.87. The van der Waals surface area contributed by atoms with Gasteiger partial charge in [0.25, 0.3) is 0 Å². The lowest BCUT2D eigenvalue weighted by Gasteiger charge is -1.99. The third-order valence-electron chi connectivity index (χ3n) is 1.54. The first-order chi connectivity index (χ1) is 6.15. The number of rotatable bonds is 0. The fourth-order valence-corrected chi connectivity index (χ4v) is 1.10. The predicted molar refractivity (Wildman–Crippen MR) is 53.7 cm³/mol. The van der Waals surface area contributed by atoms with Crippen molar-refractivity contribution in [3.8, 4) is 11.8 Å². The molecule has 0 radical (unpaired) electrons. The Labute approximate surface area is 86.7 Å². The second-order valence-corrected chi connectivity index (χ2v) is 3.19. The van der Waals surface area contributed by atoms with Crippen molar-refractivity contribution in [3.63, 3.8) is 0 Å². The normalized spacial score (nSPS) is 9.23. The molecule has 0 saturated heterocycles. The number of hydrogen-bond acceptors (Lipinski definition) is 0. The maximum Gasteiger partial charge on any atom is 0.140 e. The summed E-state index contributed by atoms with van der Waals surface area (Å²) in [5.74, 6) is 4.99. The minimum atomic E-state index is -0.409. The molecule has 0 spiro atoms. The van der Waals surface area contributed by atoms with E-state index in [9.17, 15) is 4.39 Å². The van der Waals surface area contributed by atoms with Crippen molar-refractivity contribution >= 4 is 23.2 Å². The molecule has 0 bridgehead atoms. The number of aryl methyl sites for hydroxylation is 1. The molecule has 68 valence electrons. The number of hydrogen-bond donors (Lipinski definition) is 0. The van der Waals surface area contributed by atoms with Crippen LogP contribution in [0.15, 0.2) is 12.1 Å². The zero-order valence-corrected chi connectivity index (χ0v) is 8.51. The van der Waals surface area contributed by atoms with E-state index in [0.29, 0.717) is 10.6 Å². The van der Waals surface area contributed by atoms with Crippen molar-refractivity contribution in [3.05, 3.63) is 34.1 Å². The Morgan fingerprint density at radius 3 is 2.77 bits per heavy atom. The Hall–Kier alpha value is -0.710. The molecule has 1 aromatic carbocycles. The highest BCUT2D eigenvalue weighted by atomic mass is 35.5. The first kappa shape index (κ1) is 10.4. The van der Waals surface area contributed by atoms with Gasteiger partial charge in [0.2, 0.25) is 0 Å². The van der Waals surface area contributed by atoms with E-state index in [4.69, 9.17) is 23.2 Å². The van der Waals surface area contributed by atoms with Crippen molar-refractivity contribution in [2.24, 2.45) is 0 Å². The minimum Gasteiger partial charge on any atom is -0.206 e. The first-order valence-electron chi connectivity index (χ1n) is 3.65. The third kappa shape index (κ3) is 2.62. The lowest BCUT2D eigenvalue weighted by Crippen LogP contribution is -1.86. The van der Waals surface area contributed by atoms with Gasteiger partial charge in [-0.05, 0) is 24.6 Å². The second kappa shape index (κ2) is 4.50. The zero-order valence-electron chi connectivity index (χ0n) is 7.00. The molecular formula is C10H7Cl2F. The van der Waals surface area contributed by atoms with Crippen LogP contribution in [0.1, 0.15) is 11.1 Å². The average molecular weight is 217 g/mol. The highest BCUT2D eigenvalue weighted by Crippen LogP contribution is 2.19. The van der Waals surface area contributed by atoms with Crippen molar-refractivity contribution in [1.82, 2.24) is 0 Å². The van der Waals surface area contributed by atoms with E-state index in [2.05, 4.69) is 11.8 Å². The molecule has 3 heteroatoms. The van der Waals surface area contributed by atoms with Gasteiger partial charge in [0.1, 0.15) is 5.82 Å². The summed E-state index contributed by atoms with van der Waals surface area (Å²) in [6.07, 6.45) is 0. The van der Waals surface area contributed by atoms with E-state index in [1.54, 1.807) is 13.0 Å². The van der Waals surface area contributed by atoms with Crippen LogP contribution in [0.5, 0.6) is 0 Å². The van der Waals surface area contributed by atoms with E-state index < -0.39 is 5.82 Å². The summed E-state index contributed by atoms with van der Waals surface area (Å²) < 4.78 is 13.1. The summed E-state index contributed by atoms with van der Waals surface area (Å²) in [5, 5.41) is 0.411. The Morgan fingerprint density at radius 2 is 2.15 bits per heavy atom. The maximum atomic E-state index is 13.1. The Kier molecular flexibility index (Phi) is 3.59. The van der Waals surface area contributed by atoms with Crippen LogP contribution in [-0.4, -0.2) is 5.88 Å². The van der Waals surface area contributed by atoms with E-state index in [1.165, 1.54) is 6.07 Å². The first-order valence-corrected chi connectivity index (χ1v) is 4.57. The molecule has 13 heavy (non-hydrogen) atoms. The van der Waals surface area contributed by atoms with E-state index in [-0.39, 0.29) is 5.88 Å².